The van der Waals surface area contributed by atoms with Gasteiger partial charge in [0.25, 0.3) is 0 Å². The molecule has 0 aliphatic carbocycles. The first-order chi connectivity index (χ1) is 10.0. The molecule has 0 fully saturated rings. The molecule has 0 aliphatic heterocycles. The van der Waals surface area contributed by atoms with E-state index in [0.717, 1.165) is 16.0 Å². The molecule has 0 aliphatic rings. The van der Waals surface area contributed by atoms with Crippen molar-refractivity contribution in [3.05, 3.63) is 16.3 Å². The molecule has 0 aromatic carbocycles. The Kier molecular flexibility index (Phi) is 5.50. The van der Waals surface area contributed by atoms with E-state index >= 15 is 0 Å². The smallest absolute Gasteiger partial charge is 0.158 e. The zero-order valence-electron chi connectivity index (χ0n) is 13.3. The number of thiophene rings is 1. The van der Waals surface area contributed by atoms with Crippen molar-refractivity contribution < 1.29 is 9.47 Å². The summed E-state index contributed by atoms with van der Waals surface area (Å²) in [6.07, 6.45) is 0.231. The maximum Gasteiger partial charge on any atom is 0.158 e. The highest BCUT2D eigenvalue weighted by molar-refractivity contribution is 7.18. The van der Waals surface area contributed by atoms with Crippen LogP contribution in [0.3, 0.4) is 0 Å². The maximum atomic E-state index is 5.58. The van der Waals surface area contributed by atoms with Crippen LogP contribution in [0, 0.1) is 13.8 Å². The predicted octanol–water partition coefficient (Wildman–Crippen LogP) is 3.29. The Morgan fingerprint density at radius 3 is 2.62 bits per heavy atom. The molecule has 0 amide bonds. The molecular formula is C15H23N3O2S. The average molecular weight is 309 g/mol. The summed E-state index contributed by atoms with van der Waals surface area (Å²) in [5, 5.41) is 4.27. The molecule has 6 heteroatoms. The van der Waals surface area contributed by atoms with E-state index in [1.165, 1.54) is 10.4 Å². The van der Waals surface area contributed by atoms with Crippen LogP contribution in [-0.2, 0) is 16.1 Å². The first-order valence-corrected chi connectivity index (χ1v) is 7.98. The van der Waals surface area contributed by atoms with Gasteiger partial charge in [-0.05, 0) is 33.3 Å². The molecular weight excluding hydrogens is 286 g/mol. The second-order valence-electron chi connectivity index (χ2n) is 5.17. The summed E-state index contributed by atoms with van der Waals surface area (Å²) in [6, 6.07) is 0. The summed E-state index contributed by atoms with van der Waals surface area (Å²) >= 11 is 1.70. The summed E-state index contributed by atoms with van der Waals surface area (Å²) in [4.78, 5) is 11.4. The minimum absolute atomic E-state index is 0.231. The van der Waals surface area contributed by atoms with Gasteiger partial charge in [-0.3, -0.25) is 0 Å². The number of aromatic nitrogens is 2. The Morgan fingerprint density at radius 1 is 1.19 bits per heavy atom. The predicted molar refractivity (Wildman–Crippen MR) is 87.2 cm³/mol. The van der Waals surface area contributed by atoms with Gasteiger partial charge in [-0.2, -0.15) is 0 Å². The van der Waals surface area contributed by atoms with Crippen LogP contribution in [-0.4, -0.2) is 36.3 Å². The fourth-order valence-corrected chi connectivity index (χ4v) is 3.09. The summed E-state index contributed by atoms with van der Waals surface area (Å²) < 4.78 is 11.0. The van der Waals surface area contributed by atoms with Crippen LogP contribution < -0.4 is 5.32 Å². The van der Waals surface area contributed by atoms with Gasteiger partial charge in [0.15, 0.2) is 5.82 Å². The van der Waals surface area contributed by atoms with Crippen LogP contribution in [0.2, 0.25) is 0 Å². The monoisotopic (exact) mass is 309 g/mol. The fourth-order valence-electron chi connectivity index (χ4n) is 2.05. The van der Waals surface area contributed by atoms with Crippen molar-refractivity contribution in [2.45, 2.75) is 40.4 Å². The molecule has 0 saturated heterocycles. The molecule has 2 aromatic rings. The van der Waals surface area contributed by atoms with Crippen LogP contribution in [0.5, 0.6) is 0 Å². The third-order valence-corrected chi connectivity index (χ3v) is 4.32. The van der Waals surface area contributed by atoms with E-state index in [9.17, 15) is 0 Å². The van der Waals surface area contributed by atoms with E-state index < -0.39 is 0 Å². The number of anilines is 1. The Bertz CT molecular complexity index is 610. The van der Waals surface area contributed by atoms with E-state index in [2.05, 4.69) is 29.1 Å². The molecule has 21 heavy (non-hydrogen) atoms. The topological polar surface area (TPSA) is 56.3 Å². The van der Waals surface area contributed by atoms with Gasteiger partial charge >= 0.3 is 0 Å². The van der Waals surface area contributed by atoms with E-state index in [0.29, 0.717) is 25.6 Å². The lowest BCUT2D eigenvalue weighted by Gasteiger charge is -2.09. The molecule has 1 N–H and O–H groups in total. The molecule has 0 bridgehead atoms. The average Bonchev–Trinajstić information content (AvgIpc) is 2.72. The van der Waals surface area contributed by atoms with Crippen LogP contribution >= 0.6 is 11.3 Å². The SMILES string of the molecule is CNc1nc(COCCOC(C)C)nc2sc(C)c(C)c12. The zero-order valence-corrected chi connectivity index (χ0v) is 14.1. The van der Waals surface area contributed by atoms with Gasteiger partial charge in [0, 0.05) is 11.9 Å². The van der Waals surface area contributed by atoms with E-state index in [1.54, 1.807) is 11.3 Å². The van der Waals surface area contributed by atoms with Gasteiger partial charge < -0.3 is 14.8 Å². The van der Waals surface area contributed by atoms with Crippen molar-refractivity contribution in [1.29, 1.82) is 0 Å². The van der Waals surface area contributed by atoms with Crippen molar-refractivity contribution in [1.82, 2.24) is 9.97 Å². The molecule has 0 atom stereocenters. The molecule has 0 saturated carbocycles. The second kappa shape index (κ2) is 7.15. The van der Waals surface area contributed by atoms with Gasteiger partial charge in [0.2, 0.25) is 0 Å². The Hall–Kier alpha value is -1.24. The van der Waals surface area contributed by atoms with Crippen LogP contribution in [0.15, 0.2) is 0 Å². The van der Waals surface area contributed by atoms with E-state index in [1.807, 2.05) is 20.9 Å². The van der Waals surface area contributed by atoms with Gasteiger partial charge in [-0.15, -0.1) is 11.3 Å². The molecule has 0 unspecified atom stereocenters. The molecule has 116 valence electrons. The third-order valence-electron chi connectivity index (χ3n) is 3.22. The minimum atomic E-state index is 0.231. The number of ether oxygens (including phenoxy) is 2. The molecule has 0 spiro atoms. The van der Waals surface area contributed by atoms with Crippen LogP contribution in [0.25, 0.3) is 10.2 Å². The van der Waals surface area contributed by atoms with Crippen molar-refractivity contribution in [3.63, 3.8) is 0 Å². The molecule has 5 nitrogen and oxygen atoms in total. The lowest BCUT2D eigenvalue weighted by molar-refractivity contribution is 0.0128. The van der Waals surface area contributed by atoms with Gasteiger partial charge in [-0.1, -0.05) is 0 Å². The summed E-state index contributed by atoms with van der Waals surface area (Å²) in [6.45, 7) is 9.79. The maximum absolute atomic E-state index is 5.58. The lowest BCUT2D eigenvalue weighted by atomic mass is 10.2. The summed E-state index contributed by atoms with van der Waals surface area (Å²) in [5.74, 6) is 1.58. The normalized spacial score (nSPS) is 11.5. The number of hydrogen-bond donors (Lipinski definition) is 1. The minimum Gasteiger partial charge on any atom is -0.376 e. The zero-order chi connectivity index (χ0) is 15.4. The number of nitrogens with zero attached hydrogens (tertiary/aromatic N) is 2. The molecule has 2 rings (SSSR count). The van der Waals surface area contributed by atoms with Crippen molar-refractivity contribution in [2.24, 2.45) is 0 Å². The van der Waals surface area contributed by atoms with Crippen LogP contribution in [0.4, 0.5) is 5.82 Å². The highest BCUT2D eigenvalue weighted by Gasteiger charge is 2.13. The molecule has 0 radical (unpaired) electrons. The van der Waals surface area contributed by atoms with Gasteiger partial charge in [0.1, 0.15) is 17.3 Å². The van der Waals surface area contributed by atoms with E-state index in [-0.39, 0.29) is 6.10 Å². The number of nitrogens with one attached hydrogen (secondary N) is 1. The highest BCUT2D eigenvalue weighted by Crippen LogP contribution is 2.33. The first kappa shape index (κ1) is 16.1. The first-order valence-electron chi connectivity index (χ1n) is 7.16. The highest BCUT2D eigenvalue weighted by atomic mass is 32.1. The standard InChI is InChI=1S/C15H23N3O2S/c1-9(2)20-7-6-19-8-12-17-14(16-5)13-10(3)11(4)21-15(13)18-12/h9H,6-8H2,1-5H3,(H,16,17,18). The largest absolute Gasteiger partial charge is 0.376 e. The van der Waals surface area contributed by atoms with Gasteiger partial charge in [-0.25, -0.2) is 9.97 Å². The summed E-state index contributed by atoms with van der Waals surface area (Å²) in [7, 11) is 1.88. The quantitative estimate of drug-likeness (QED) is 0.795. The van der Waals surface area contributed by atoms with Crippen LogP contribution in [0.1, 0.15) is 30.1 Å². The Morgan fingerprint density at radius 2 is 1.95 bits per heavy atom. The molecule has 2 heterocycles. The second-order valence-corrected chi connectivity index (χ2v) is 6.38. The fraction of sp³-hybridized carbons (Fsp3) is 0.600. The number of hydrogen-bond acceptors (Lipinski definition) is 6. The summed E-state index contributed by atoms with van der Waals surface area (Å²) in [5.41, 5.74) is 1.25. The third kappa shape index (κ3) is 3.90. The number of fused-ring (bicyclic) bond motifs is 1. The Labute approximate surface area is 129 Å². The molecule has 2 aromatic heterocycles. The number of rotatable bonds is 7. The number of aryl methyl sites for hydroxylation is 2. The van der Waals surface area contributed by atoms with Gasteiger partial charge in [0.05, 0.1) is 24.7 Å². The van der Waals surface area contributed by atoms with Crippen molar-refractivity contribution in [3.8, 4) is 0 Å². The lowest BCUT2D eigenvalue weighted by Crippen LogP contribution is -2.10. The van der Waals surface area contributed by atoms with E-state index in [4.69, 9.17) is 9.47 Å². The Balaban J connectivity index is 2.07. The van der Waals surface area contributed by atoms with Crippen molar-refractivity contribution >= 4 is 27.4 Å². The van der Waals surface area contributed by atoms with Crippen molar-refractivity contribution in [2.75, 3.05) is 25.6 Å².